The van der Waals surface area contributed by atoms with Gasteiger partial charge < -0.3 is 9.32 Å². The van der Waals surface area contributed by atoms with E-state index in [9.17, 15) is 4.79 Å². The van der Waals surface area contributed by atoms with Crippen molar-refractivity contribution in [2.24, 2.45) is 0 Å². The van der Waals surface area contributed by atoms with Gasteiger partial charge >= 0.3 is 0 Å². The standard InChI is InChI=1S/C16H18N2O2.2ClH/c19-15(16-7-4-12-20-16)13-17-8-10-18(11-9-17)14-5-2-1-3-6-14;;/h1-7,12H,8-11,13H2;2*1H. The molecule has 0 unspecified atom stereocenters. The largest absolute Gasteiger partial charge is 0.461 e. The molecular weight excluding hydrogens is 323 g/mol. The molecule has 22 heavy (non-hydrogen) atoms. The topological polar surface area (TPSA) is 36.7 Å². The van der Waals surface area contributed by atoms with Crippen LogP contribution in [0.4, 0.5) is 5.69 Å². The molecule has 0 N–H and O–H groups in total. The summed E-state index contributed by atoms with van der Waals surface area (Å²) >= 11 is 0. The molecule has 1 aliphatic heterocycles. The molecule has 0 amide bonds. The zero-order chi connectivity index (χ0) is 13.8. The average Bonchev–Trinajstić information content (AvgIpc) is 3.03. The van der Waals surface area contributed by atoms with E-state index in [1.165, 1.54) is 5.69 Å². The number of ketones is 1. The van der Waals surface area contributed by atoms with Crippen LogP contribution in [0.15, 0.2) is 53.1 Å². The van der Waals surface area contributed by atoms with Gasteiger partial charge in [0.15, 0.2) is 5.76 Å². The number of nitrogens with zero attached hydrogens (tertiary/aromatic N) is 2. The molecule has 6 heteroatoms. The van der Waals surface area contributed by atoms with Gasteiger partial charge in [0.25, 0.3) is 0 Å². The summed E-state index contributed by atoms with van der Waals surface area (Å²) in [5, 5.41) is 0. The number of piperazine rings is 1. The van der Waals surface area contributed by atoms with E-state index < -0.39 is 0 Å². The van der Waals surface area contributed by atoms with Gasteiger partial charge in [-0.2, -0.15) is 0 Å². The molecule has 2 heterocycles. The van der Waals surface area contributed by atoms with Crippen LogP contribution in [0, 0.1) is 0 Å². The fraction of sp³-hybridized carbons (Fsp3) is 0.312. The Labute approximate surface area is 142 Å². The van der Waals surface area contributed by atoms with E-state index in [0.29, 0.717) is 12.3 Å². The first-order valence-electron chi connectivity index (χ1n) is 6.92. The summed E-state index contributed by atoms with van der Waals surface area (Å²) in [4.78, 5) is 16.5. The van der Waals surface area contributed by atoms with Crippen LogP contribution in [0.5, 0.6) is 0 Å². The summed E-state index contributed by atoms with van der Waals surface area (Å²) in [6, 6.07) is 13.9. The normalized spacial score (nSPS) is 14.8. The lowest BCUT2D eigenvalue weighted by molar-refractivity contribution is 0.0899. The molecule has 2 aromatic rings. The lowest BCUT2D eigenvalue weighted by Crippen LogP contribution is -2.47. The molecule has 0 bridgehead atoms. The summed E-state index contributed by atoms with van der Waals surface area (Å²) in [7, 11) is 0. The van der Waals surface area contributed by atoms with E-state index >= 15 is 0 Å². The van der Waals surface area contributed by atoms with Crippen molar-refractivity contribution in [1.82, 2.24) is 4.90 Å². The second-order valence-corrected chi connectivity index (χ2v) is 5.00. The van der Waals surface area contributed by atoms with E-state index in [0.717, 1.165) is 26.2 Å². The lowest BCUT2D eigenvalue weighted by atomic mass is 10.2. The molecule has 0 spiro atoms. The molecule has 1 aliphatic rings. The van der Waals surface area contributed by atoms with Gasteiger partial charge in [0.1, 0.15) is 0 Å². The number of carbonyl (C=O) groups excluding carboxylic acids is 1. The first-order valence-corrected chi connectivity index (χ1v) is 6.92. The molecular formula is C16H20Cl2N2O2. The van der Waals surface area contributed by atoms with Gasteiger partial charge in [0, 0.05) is 31.9 Å². The highest BCUT2D eigenvalue weighted by molar-refractivity contribution is 5.95. The lowest BCUT2D eigenvalue weighted by Gasteiger charge is -2.35. The van der Waals surface area contributed by atoms with Crippen molar-refractivity contribution >= 4 is 36.3 Å². The Hall–Kier alpha value is -1.49. The Morgan fingerprint density at radius 1 is 0.955 bits per heavy atom. The molecule has 1 saturated heterocycles. The quantitative estimate of drug-likeness (QED) is 0.800. The van der Waals surface area contributed by atoms with E-state index in [1.54, 1.807) is 18.4 Å². The Morgan fingerprint density at radius 3 is 2.23 bits per heavy atom. The van der Waals surface area contributed by atoms with E-state index in [1.807, 2.05) is 6.07 Å². The fourth-order valence-electron chi connectivity index (χ4n) is 2.52. The van der Waals surface area contributed by atoms with Gasteiger partial charge in [0.05, 0.1) is 12.8 Å². The highest BCUT2D eigenvalue weighted by Gasteiger charge is 2.20. The van der Waals surface area contributed by atoms with Gasteiger partial charge in [-0.25, -0.2) is 0 Å². The molecule has 3 rings (SSSR count). The monoisotopic (exact) mass is 342 g/mol. The second-order valence-electron chi connectivity index (χ2n) is 5.00. The predicted molar refractivity (Wildman–Crippen MR) is 92.6 cm³/mol. The van der Waals surface area contributed by atoms with Crippen LogP contribution in [0.3, 0.4) is 0 Å². The average molecular weight is 343 g/mol. The third kappa shape index (κ3) is 4.50. The molecule has 0 atom stereocenters. The zero-order valence-electron chi connectivity index (χ0n) is 12.2. The molecule has 1 fully saturated rings. The smallest absolute Gasteiger partial charge is 0.211 e. The van der Waals surface area contributed by atoms with E-state index in [-0.39, 0.29) is 30.6 Å². The maximum atomic E-state index is 12.0. The predicted octanol–water partition coefficient (Wildman–Crippen LogP) is 3.13. The molecule has 0 radical (unpaired) electrons. The highest BCUT2D eigenvalue weighted by atomic mass is 35.5. The number of furan rings is 1. The van der Waals surface area contributed by atoms with Crippen molar-refractivity contribution in [3.63, 3.8) is 0 Å². The summed E-state index contributed by atoms with van der Waals surface area (Å²) in [6.45, 7) is 4.16. The summed E-state index contributed by atoms with van der Waals surface area (Å²) in [5.41, 5.74) is 1.25. The first-order chi connectivity index (χ1) is 9.83. The molecule has 4 nitrogen and oxygen atoms in total. The van der Waals surface area contributed by atoms with Crippen LogP contribution >= 0.6 is 24.8 Å². The minimum absolute atomic E-state index is 0. The summed E-state index contributed by atoms with van der Waals surface area (Å²) < 4.78 is 5.14. The Morgan fingerprint density at radius 2 is 1.64 bits per heavy atom. The van der Waals surface area contributed by atoms with E-state index in [2.05, 4.69) is 34.1 Å². The van der Waals surface area contributed by atoms with Gasteiger partial charge in [-0.15, -0.1) is 24.8 Å². The van der Waals surface area contributed by atoms with Crippen molar-refractivity contribution < 1.29 is 9.21 Å². The summed E-state index contributed by atoms with van der Waals surface area (Å²) in [6.07, 6.45) is 1.54. The molecule has 120 valence electrons. The Bertz CT molecular complexity index is 553. The van der Waals surface area contributed by atoms with Crippen LogP contribution in [-0.4, -0.2) is 43.4 Å². The van der Waals surface area contributed by atoms with Gasteiger partial charge in [-0.3, -0.25) is 9.69 Å². The number of hydrogen-bond acceptors (Lipinski definition) is 4. The van der Waals surface area contributed by atoms with Gasteiger partial charge in [0.2, 0.25) is 5.78 Å². The number of benzene rings is 1. The van der Waals surface area contributed by atoms with Crippen LogP contribution in [-0.2, 0) is 0 Å². The van der Waals surface area contributed by atoms with Crippen molar-refractivity contribution in [3.8, 4) is 0 Å². The maximum absolute atomic E-state index is 12.0. The number of rotatable bonds is 4. The summed E-state index contributed by atoms with van der Waals surface area (Å²) in [5.74, 6) is 0.513. The number of Topliss-reactive ketones (excluding diaryl/α,β-unsaturated/α-hetero) is 1. The number of para-hydroxylation sites is 1. The Balaban J connectivity index is 0.00000121. The third-order valence-electron chi connectivity index (χ3n) is 3.66. The second kappa shape index (κ2) is 8.83. The molecule has 1 aromatic heterocycles. The highest BCUT2D eigenvalue weighted by Crippen LogP contribution is 2.15. The van der Waals surface area contributed by atoms with Crippen LogP contribution in [0.1, 0.15) is 10.6 Å². The zero-order valence-corrected chi connectivity index (χ0v) is 13.8. The van der Waals surface area contributed by atoms with Crippen molar-refractivity contribution in [3.05, 3.63) is 54.5 Å². The molecule has 0 aliphatic carbocycles. The van der Waals surface area contributed by atoms with Crippen molar-refractivity contribution in [1.29, 1.82) is 0 Å². The molecule has 1 aromatic carbocycles. The minimum atomic E-state index is 0. The molecule has 0 saturated carbocycles. The maximum Gasteiger partial charge on any atom is 0.211 e. The van der Waals surface area contributed by atoms with Crippen molar-refractivity contribution in [2.75, 3.05) is 37.6 Å². The minimum Gasteiger partial charge on any atom is -0.461 e. The number of anilines is 1. The first kappa shape index (κ1) is 18.6. The number of hydrogen-bond donors (Lipinski definition) is 0. The van der Waals surface area contributed by atoms with Crippen molar-refractivity contribution in [2.45, 2.75) is 0 Å². The fourth-order valence-corrected chi connectivity index (χ4v) is 2.52. The number of carbonyl (C=O) groups is 1. The Kier molecular flexibility index (Phi) is 7.45. The van der Waals surface area contributed by atoms with Crippen LogP contribution < -0.4 is 4.90 Å². The third-order valence-corrected chi connectivity index (χ3v) is 3.66. The van der Waals surface area contributed by atoms with Crippen LogP contribution in [0.25, 0.3) is 0 Å². The SMILES string of the molecule is Cl.Cl.O=C(CN1CCN(c2ccccc2)CC1)c1ccco1. The van der Waals surface area contributed by atoms with Gasteiger partial charge in [-0.1, -0.05) is 18.2 Å². The van der Waals surface area contributed by atoms with Gasteiger partial charge in [-0.05, 0) is 24.3 Å². The van der Waals surface area contributed by atoms with Crippen LogP contribution in [0.2, 0.25) is 0 Å². The van der Waals surface area contributed by atoms with E-state index in [4.69, 9.17) is 4.42 Å². The number of halogens is 2.